The molecule has 2 nitrogen and oxygen atoms in total. The van der Waals surface area contributed by atoms with Crippen molar-refractivity contribution in [2.24, 2.45) is 5.73 Å². The summed E-state index contributed by atoms with van der Waals surface area (Å²) in [6.07, 6.45) is 2.22. The average Bonchev–Trinajstić information content (AvgIpc) is 2.09. The van der Waals surface area contributed by atoms with Crippen molar-refractivity contribution in [3.8, 4) is 0 Å². The predicted octanol–water partition coefficient (Wildman–Crippen LogP) is 1.70. The van der Waals surface area contributed by atoms with E-state index in [1.807, 2.05) is 0 Å². The summed E-state index contributed by atoms with van der Waals surface area (Å²) in [5, 5.41) is 10.2. The van der Waals surface area contributed by atoms with Crippen LogP contribution in [0.2, 0.25) is 0 Å². The maximum atomic E-state index is 10.2. The largest absolute Gasteiger partial charge is 0.389 e. The molecule has 0 unspecified atom stereocenters. The van der Waals surface area contributed by atoms with Crippen LogP contribution in [0, 0.1) is 13.8 Å². The normalized spacial score (nSPS) is 30.0. The Morgan fingerprint density at radius 2 is 1.87 bits per heavy atom. The van der Waals surface area contributed by atoms with Crippen molar-refractivity contribution < 1.29 is 5.11 Å². The minimum Gasteiger partial charge on any atom is -0.389 e. The molecule has 1 fully saturated rings. The molecule has 1 aliphatic carbocycles. The second-order valence-electron chi connectivity index (χ2n) is 4.94. The summed E-state index contributed by atoms with van der Waals surface area (Å²) in [4.78, 5) is 0. The fraction of sp³-hybridized carbons (Fsp3) is 0.538. The van der Waals surface area contributed by atoms with Gasteiger partial charge in [0.15, 0.2) is 0 Å². The molecule has 1 aliphatic rings. The number of hydrogen-bond donors (Lipinski definition) is 2. The Morgan fingerprint density at radius 3 is 2.33 bits per heavy atom. The number of aliphatic hydroxyl groups is 1. The number of aryl methyl sites for hydroxylation is 2. The van der Waals surface area contributed by atoms with Crippen molar-refractivity contribution in [3.05, 3.63) is 34.9 Å². The third-order valence-corrected chi connectivity index (χ3v) is 3.43. The second kappa shape index (κ2) is 3.62. The molecule has 0 aliphatic heterocycles. The first-order valence-electron chi connectivity index (χ1n) is 5.53. The first-order valence-corrected chi connectivity index (χ1v) is 5.53. The lowest BCUT2D eigenvalue weighted by molar-refractivity contribution is -0.0457. The summed E-state index contributed by atoms with van der Waals surface area (Å²) >= 11 is 0. The van der Waals surface area contributed by atoms with Gasteiger partial charge in [0.1, 0.15) is 0 Å². The lowest BCUT2D eigenvalue weighted by Gasteiger charge is -2.42. The van der Waals surface area contributed by atoms with E-state index >= 15 is 0 Å². The van der Waals surface area contributed by atoms with Crippen LogP contribution in [-0.2, 0) is 6.42 Å². The van der Waals surface area contributed by atoms with E-state index in [4.69, 9.17) is 5.73 Å². The smallest absolute Gasteiger partial charge is 0.0717 e. The van der Waals surface area contributed by atoms with Crippen LogP contribution in [0.15, 0.2) is 18.2 Å². The zero-order valence-corrected chi connectivity index (χ0v) is 9.46. The third kappa shape index (κ3) is 2.06. The Hall–Kier alpha value is -0.860. The van der Waals surface area contributed by atoms with Crippen molar-refractivity contribution in [2.75, 3.05) is 0 Å². The zero-order valence-electron chi connectivity index (χ0n) is 9.46. The number of rotatable bonds is 2. The predicted molar refractivity (Wildman–Crippen MR) is 61.8 cm³/mol. The monoisotopic (exact) mass is 205 g/mol. The highest BCUT2D eigenvalue weighted by Gasteiger charge is 2.40. The van der Waals surface area contributed by atoms with Crippen molar-refractivity contribution in [3.63, 3.8) is 0 Å². The second-order valence-corrected chi connectivity index (χ2v) is 4.94. The molecule has 3 N–H and O–H groups in total. The average molecular weight is 205 g/mol. The fourth-order valence-electron chi connectivity index (χ4n) is 2.52. The molecule has 0 amide bonds. The molecule has 0 radical (unpaired) electrons. The SMILES string of the molecule is Cc1cccc(C)c1CC1(O)CC(N)C1. The van der Waals surface area contributed by atoms with Crippen LogP contribution in [0.25, 0.3) is 0 Å². The van der Waals surface area contributed by atoms with Gasteiger partial charge in [0.25, 0.3) is 0 Å². The molecule has 15 heavy (non-hydrogen) atoms. The highest BCUT2D eigenvalue weighted by molar-refractivity contribution is 5.35. The van der Waals surface area contributed by atoms with Gasteiger partial charge in [-0.15, -0.1) is 0 Å². The van der Waals surface area contributed by atoms with Crippen molar-refractivity contribution >= 4 is 0 Å². The minimum absolute atomic E-state index is 0.194. The first-order chi connectivity index (χ1) is 7.00. The summed E-state index contributed by atoms with van der Waals surface area (Å²) in [5.41, 5.74) is 9.00. The lowest BCUT2D eigenvalue weighted by atomic mass is 9.71. The maximum Gasteiger partial charge on any atom is 0.0717 e. The van der Waals surface area contributed by atoms with E-state index in [9.17, 15) is 5.11 Å². The first kappa shape index (κ1) is 10.7. The minimum atomic E-state index is -0.545. The Balaban J connectivity index is 2.18. The Bertz CT molecular complexity index is 347. The van der Waals surface area contributed by atoms with Crippen LogP contribution >= 0.6 is 0 Å². The topological polar surface area (TPSA) is 46.2 Å². The van der Waals surface area contributed by atoms with E-state index in [1.54, 1.807) is 0 Å². The van der Waals surface area contributed by atoms with Gasteiger partial charge in [-0.2, -0.15) is 0 Å². The van der Waals surface area contributed by atoms with Crippen LogP contribution in [0.4, 0.5) is 0 Å². The molecule has 82 valence electrons. The standard InChI is InChI=1S/C13H19NO/c1-9-4-3-5-10(2)12(9)8-13(15)6-11(14)7-13/h3-5,11,15H,6-8,14H2,1-2H3. The van der Waals surface area contributed by atoms with Crippen molar-refractivity contribution in [2.45, 2.75) is 44.8 Å². The third-order valence-electron chi connectivity index (χ3n) is 3.43. The molecule has 2 heteroatoms. The van der Waals surface area contributed by atoms with Crippen LogP contribution in [0.3, 0.4) is 0 Å². The van der Waals surface area contributed by atoms with Crippen LogP contribution in [0.1, 0.15) is 29.5 Å². The van der Waals surface area contributed by atoms with E-state index < -0.39 is 5.60 Å². The molecular formula is C13H19NO. The summed E-state index contributed by atoms with van der Waals surface area (Å²) in [6, 6.07) is 6.46. The summed E-state index contributed by atoms with van der Waals surface area (Å²) in [5.74, 6) is 0. The molecule has 1 saturated carbocycles. The van der Waals surface area contributed by atoms with E-state index in [-0.39, 0.29) is 6.04 Å². The van der Waals surface area contributed by atoms with Gasteiger partial charge in [0.05, 0.1) is 5.60 Å². The molecule has 1 aromatic rings. The van der Waals surface area contributed by atoms with Crippen molar-refractivity contribution in [1.82, 2.24) is 0 Å². The zero-order chi connectivity index (χ0) is 11.1. The van der Waals surface area contributed by atoms with Gasteiger partial charge in [-0.05, 0) is 43.4 Å². The van der Waals surface area contributed by atoms with E-state index in [0.717, 1.165) is 19.3 Å². The number of benzene rings is 1. The summed E-state index contributed by atoms with van der Waals surface area (Å²) < 4.78 is 0. The summed E-state index contributed by atoms with van der Waals surface area (Å²) in [7, 11) is 0. The number of nitrogens with two attached hydrogens (primary N) is 1. The van der Waals surface area contributed by atoms with Gasteiger partial charge in [-0.3, -0.25) is 0 Å². The Kier molecular flexibility index (Phi) is 2.57. The molecule has 0 atom stereocenters. The molecule has 0 bridgehead atoms. The van der Waals surface area contributed by atoms with Gasteiger partial charge in [-0.25, -0.2) is 0 Å². The van der Waals surface area contributed by atoms with Gasteiger partial charge >= 0.3 is 0 Å². The molecular weight excluding hydrogens is 186 g/mol. The molecule has 2 rings (SSSR count). The Morgan fingerprint density at radius 1 is 1.33 bits per heavy atom. The van der Waals surface area contributed by atoms with Gasteiger partial charge in [-0.1, -0.05) is 18.2 Å². The number of hydrogen-bond acceptors (Lipinski definition) is 2. The van der Waals surface area contributed by atoms with E-state index in [0.29, 0.717) is 0 Å². The van der Waals surface area contributed by atoms with Crippen LogP contribution in [0.5, 0.6) is 0 Å². The highest BCUT2D eigenvalue weighted by atomic mass is 16.3. The fourth-order valence-corrected chi connectivity index (χ4v) is 2.52. The van der Waals surface area contributed by atoms with Crippen LogP contribution in [-0.4, -0.2) is 16.7 Å². The van der Waals surface area contributed by atoms with Crippen molar-refractivity contribution in [1.29, 1.82) is 0 Å². The Labute approximate surface area is 91.1 Å². The van der Waals surface area contributed by atoms with E-state index in [1.165, 1.54) is 16.7 Å². The van der Waals surface area contributed by atoms with Crippen LogP contribution < -0.4 is 5.73 Å². The van der Waals surface area contributed by atoms with E-state index in [2.05, 4.69) is 32.0 Å². The molecule has 1 aromatic carbocycles. The lowest BCUT2D eigenvalue weighted by Crippen LogP contribution is -2.52. The van der Waals surface area contributed by atoms with Gasteiger partial charge < -0.3 is 10.8 Å². The molecule has 0 heterocycles. The molecule has 0 spiro atoms. The quantitative estimate of drug-likeness (QED) is 0.772. The molecule has 0 saturated heterocycles. The summed E-state index contributed by atoms with van der Waals surface area (Å²) in [6.45, 7) is 4.20. The van der Waals surface area contributed by atoms with Gasteiger partial charge in [0, 0.05) is 12.5 Å². The molecule has 0 aromatic heterocycles. The maximum absolute atomic E-state index is 10.2. The van der Waals surface area contributed by atoms with Gasteiger partial charge in [0.2, 0.25) is 0 Å². The highest BCUT2D eigenvalue weighted by Crippen LogP contribution is 2.35.